The molecule has 3 N–H and O–H groups in total. The Hall–Kier alpha value is -0.980. The molecule has 0 fully saturated rings. The standard InChI is InChI=1S/C11H14ClN3OS2/c1-2-16-9-10(13)15-18-11(9)14-6-5-7-3-4-8(12)17-7/h3-4,14H,2,5-6H2,1H3,(H2,13,15). The molecule has 4 nitrogen and oxygen atoms in total. The third kappa shape index (κ3) is 3.28. The van der Waals surface area contributed by atoms with Crippen LogP contribution in [0.1, 0.15) is 11.8 Å². The van der Waals surface area contributed by atoms with Gasteiger partial charge in [0.05, 0.1) is 10.9 Å². The molecule has 2 aromatic rings. The molecule has 2 rings (SSSR count). The van der Waals surface area contributed by atoms with Crippen LogP contribution in [-0.4, -0.2) is 17.5 Å². The second-order valence-electron chi connectivity index (χ2n) is 3.54. The lowest BCUT2D eigenvalue weighted by Crippen LogP contribution is -2.04. The van der Waals surface area contributed by atoms with Crippen LogP contribution in [0.4, 0.5) is 10.8 Å². The number of halogens is 1. The van der Waals surface area contributed by atoms with Gasteiger partial charge in [-0.25, -0.2) is 0 Å². The lowest BCUT2D eigenvalue weighted by atomic mass is 10.3. The number of hydrogen-bond acceptors (Lipinski definition) is 6. The average Bonchev–Trinajstić information content (AvgIpc) is 2.90. The van der Waals surface area contributed by atoms with Crippen LogP contribution in [0, 0.1) is 0 Å². The predicted molar refractivity (Wildman–Crippen MR) is 79.2 cm³/mol. The molecule has 0 saturated carbocycles. The van der Waals surface area contributed by atoms with Crippen molar-refractivity contribution in [1.29, 1.82) is 0 Å². The molecule has 0 aliphatic heterocycles. The van der Waals surface area contributed by atoms with Gasteiger partial charge in [0, 0.05) is 11.4 Å². The Balaban J connectivity index is 1.90. The van der Waals surface area contributed by atoms with Crippen LogP contribution >= 0.6 is 34.5 Å². The highest BCUT2D eigenvalue weighted by Gasteiger charge is 2.12. The number of ether oxygens (including phenoxy) is 1. The normalized spacial score (nSPS) is 10.6. The van der Waals surface area contributed by atoms with E-state index >= 15 is 0 Å². The van der Waals surface area contributed by atoms with E-state index in [0.717, 1.165) is 22.3 Å². The molecule has 7 heteroatoms. The molecule has 18 heavy (non-hydrogen) atoms. The highest BCUT2D eigenvalue weighted by molar-refractivity contribution is 7.16. The van der Waals surface area contributed by atoms with Crippen molar-refractivity contribution in [1.82, 2.24) is 4.37 Å². The molecule has 0 spiro atoms. The van der Waals surface area contributed by atoms with Crippen LogP contribution in [0.5, 0.6) is 5.75 Å². The Bertz CT molecular complexity index is 512. The monoisotopic (exact) mass is 303 g/mol. The molecule has 2 heterocycles. The smallest absolute Gasteiger partial charge is 0.197 e. The Morgan fingerprint density at radius 2 is 2.33 bits per heavy atom. The van der Waals surface area contributed by atoms with Crippen LogP contribution < -0.4 is 15.8 Å². The highest BCUT2D eigenvalue weighted by atomic mass is 35.5. The SMILES string of the molecule is CCOc1c(N)nsc1NCCc1ccc(Cl)s1. The number of nitrogens with zero attached hydrogens (tertiary/aromatic N) is 1. The zero-order valence-electron chi connectivity index (χ0n) is 9.90. The van der Waals surface area contributed by atoms with E-state index in [0.29, 0.717) is 18.2 Å². The van der Waals surface area contributed by atoms with Crippen molar-refractivity contribution < 1.29 is 4.74 Å². The first-order valence-corrected chi connectivity index (χ1v) is 7.53. The highest BCUT2D eigenvalue weighted by Crippen LogP contribution is 2.35. The fourth-order valence-electron chi connectivity index (χ4n) is 1.48. The molecule has 0 bridgehead atoms. The third-order valence-electron chi connectivity index (χ3n) is 2.25. The van der Waals surface area contributed by atoms with Gasteiger partial charge in [0.25, 0.3) is 0 Å². The number of aromatic nitrogens is 1. The zero-order valence-corrected chi connectivity index (χ0v) is 12.3. The molecule has 98 valence electrons. The Labute approximate surface area is 119 Å². The predicted octanol–water partition coefficient (Wildman–Crippen LogP) is 3.49. The first-order valence-electron chi connectivity index (χ1n) is 5.56. The van der Waals surface area contributed by atoms with Crippen LogP contribution in [0.25, 0.3) is 0 Å². The third-order valence-corrected chi connectivity index (χ3v) is 4.34. The summed E-state index contributed by atoms with van der Waals surface area (Å²) in [6.07, 6.45) is 0.917. The zero-order chi connectivity index (χ0) is 13.0. The van der Waals surface area contributed by atoms with Crippen LogP contribution in [0.15, 0.2) is 12.1 Å². The average molecular weight is 304 g/mol. The molecule has 0 atom stereocenters. The molecule has 0 amide bonds. The van der Waals surface area contributed by atoms with E-state index in [-0.39, 0.29) is 0 Å². The van der Waals surface area contributed by atoms with Gasteiger partial charge < -0.3 is 15.8 Å². The molecule has 0 saturated heterocycles. The lowest BCUT2D eigenvalue weighted by Gasteiger charge is -2.06. The molecular formula is C11H14ClN3OS2. The second kappa shape index (κ2) is 6.26. The van der Waals surface area contributed by atoms with E-state index in [1.807, 2.05) is 19.1 Å². The van der Waals surface area contributed by atoms with Crippen molar-refractivity contribution in [2.24, 2.45) is 0 Å². The summed E-state index contributed by atoms with van der Waals surface area (Å²) in [5.41, 5.74) is 5.73. The number of nitrogens with two attached hydrogens (primary N) is 1. The lowest BCUT2D eigenvalue weighted by molar-refractivity contribution is 0.344. The fourth-order valence-corrected chi connectivity index (χ4v) is 3.25. The maximum absolute atomic E-state index is 5.88. The summed E-state index contributed by atoms with van der Waals surface area (Å²) in [6, 6.07) is 3.96. The van der Waals surface area contributed by atoms with Gasteiger partial charge in [0.2, 0.25) is 0 Å². The van der Waals surface area contributed by atoms with Crippen molar-refractivity contribution in [3.05, 3.63) is 21.3 Å². The molecule has 0 unspecified atom stereocenters. The van der Waals surface area contributed by atoms with Crippen LogP contribution in [-0.2, 0) is 6.42 Å². The Morgan fingerprint density at radius 1 is 1.50 bits per heavy atom. The first kappa shape index (κ1) is 13.5. The molecule has 0 aromatic carbocycles. The van der Waals surface area contributed by atoms with E-state index in [2.05, 4.69) is 9.69 Å². The van der Waals surface area contributed by atoms with Crippen molar-refractivity contribution in [2.45, 2.75) is 13.3 Å². The van der Waals surface area contributed by atoms with Gasteiger partial charge in [-0.1, -0.05) is 11.6 Å². The van der Waals surface area contributed by atoms with Crippen molar-refractivity contribution in [2.75, 3.05) is 24.2 Å². The minimum Gasteiger partial charge on any atom is -0.487 e. The first-order chi connectivity index (χ1) is 8.70. The fraction of sp³-hybridized carbons (Fsp3) is 0.364. The topological polar surface area (TPSA) is 60.2 Å². The number of nitrogen functional groups attached to an aromatic ring is 1. The molecule has 2 aromatic heterocycles. The number of thiophene rings is 1. The van der Waals surface area contributed by atoms with E-state index in [1.54, 1.807) is 11.3 Å². The van der Waals surface area contributed by atoms with Crippen LogP contribution in [0.3, 0.4) is 0 Å². The van der Waals surface area contributed by atoms with Gasteiger partial charge in [-0.2, -0.15) is 4.37 Å². The number of nitrogens with one attached hydrogen (secondary N) is 1. The Kier molecular flexibility index (Phi) is 4.68. The van der Waals surface area contributed by atoms with E-state index in [1.165, 1.54) is 16.4 Å². The summed E-state index contributed by atoms with van der Waals surface area (Å²) < 4.78 is 10.4. The summed E-state index contributed by atoms with van der Waals surface area (Å²) in [7, 11) is 0. The van der Waals surface area contributed by atoms with Gasteiger partial charge in [-0.3, -0.25) is 0 Å². The molecule has 0 aliphatic carbocycles. The van der Waals surface area contributed by atoms with Crippen molar-refractivity contribution in [3.63, 3.8) is 0 Å². The minimum atomic E-state index is 0.448. The number of rotatable bonds is 6. The summed E-state index contributed by atoms with van der Waals surface area (Å²) in [5, 5.41) is 4.18. The summed E-state index contributed by atoms with van der Waals surface area (Å²) in [4.78, 5) is 1.25. The molecular weight excluding hydrogens is 290 g/mol. The van der Waals surface area contributed by atoms with Gasteiger partial charge >= 0.3 is 0 Å². The summed E-state index contributed by atoms with van der Waals surface area (Å²) in [5.74, 6) is 1.11. The van der Waals surface area contributed by atoms with E-state index in [9.17, 15) is 0 Å². The summed E-state index contributed by atoms with van der Waals surface area (Å²) in [6.45, 7) is 3.31. The van der Waals surface area contributed by atoms with Gasteiger partial charge in [-0.05, 0) is 37.0 Å². The van der Waals surface area contributed by atoms with Gasteiger partial charge in [-0.15, -0.1) is 11.3 Å². The minimum absolute atomic E-state index is 0.448. The maximum atomic E-state index is 5.88. The van der Waals surface area contributed by atoms with Crippen molar-refractivity contribution in [3.8, 4) is 5.75 Å². The molecule has 0 radical (unpaired) electrons. The van der Waals surface area contributed by atoms with Gasteiger partial charge in [0.15, 0.2) is 16.6 Å². The Morgan fingerprint density at radius 3 is 3.00 bits per heavy atom. The summed E-state index contributed by atoms with van der Waals surface area (Å²) >= 11 is 8.80. The number of hydrogen-bond donors (Lipinski definition) is 2. The van der Waals surface area contributed by atoms with Gasteiger partial charge in [0.1, 0.15) is 0 Å². The van der Waals surface area contributed by atoms with Crippen molar-refractivity contribution >= 4 is 45.3 Å². The van der Waals surface area contributed by atoms with Crippen LogP contribution in [0.2, 0.25) is 4.34 Å². The largest absolute Gasteiger partial charge is 0.487 e. The maximum Gasteiger partial charge on any atom is 0.197 e. The second-order valence-corrected chi connectivity index (χ2v) is 6.11. The van der Waals surface area contributed by atoms with E-state index < -0.39 is 0 Å². The quantitative estimate of drug-likeness (QED) is 0.857. The molecule has 0 aliphatic rings. The van der Waals surface area contributed by atoms with E-state index in [4.69, 9.17) is 22.1 Å². The number of anilines is 2.